The normalized spacial score (nSPS) is 37.8. The van der Waals surface area contributed by atoms with Gasteiger partial charge in [-0.2, -0.15) is 0 Å². The van der Waals surface area contributed by atoms with Crippen LogP contribution in [0.25, 0.3) is 0 Å². The zero-order valence-corrected chi connectivity index (χ0v) is 17.8. The zero-order chi connectivity index (χ0) is 21.8. The Bertz CT molecular complexity index is 567. The highest BCUT2D eigenvalue weighted by Crippen LogP contribution is 2.36. The van der Waals surface area contributed by atoms with Crippen LogP contribution in [0.15, 0.2) is 0 Å². The Labute approximate surface area is 171 Å². The van der Waals surface area contributed by atoms with Gasteiger partial charge in [0.05, 0.1) is 51.3 Å². The molecule has 2 rings (SSSR count). The molecular formula is C20H34O9. The number of aliphatic hydroxyl groups is 1. The highest BCUT2D eigenvalue weighted by atomic mass is 16.7. The van der Waals surface area contributed by atoms with Crippen molar-refractivity contribution in [3.63, 3.8) is 0 Å². The second kappa shape index (κ2) is 9.26. The molecule has 2 fully saturated rings. The number of rotatable bonds is 9. The van der Waals surface area contributed by atoms with Crippen molar-refractivity contribution < 1.29 is 43.5 Å². The van der Waals surface area contributed by atoms with Crippen LogP contribution in [0.4, 0.5) is 0 Å². The van der Waals surface area contributed by atoms with E-state index in [1.807, 2.05) is 13.8 Å². The quantitative estimate of drug-likeness (QED) is 0.539. The number of ether oxygens (including phenoxy) is 5. The third kappa shape index (κ3) is 6.11. The molecule has 0 atom stereocenters. The molecule has 9 nitrogen and oxygen atoms in total. The van der Waals surface area contributed by atoms with Crippen LogP contribution in [0.5, 0.6) is 0 Å². The number of aliphatic hydroxyl groups excluding tert-OH is 1. The number of carbonyl (C=O) groups excluding carboxylic acids is 1. The first-order valence-electron chi connectivity index (χ1n) is 10.1. The maximum Gasteiger partial charge on any atom is 0.311 e. The Morgan fingerprint density at radius 1 is 0.862 bits per heavy atom. The Morgan fingerprint density at radius 2 is 1.31 bits per heavy atom. The maximum atomic E-state index is 12.4. The topological polar surface area (TPSA) is 121 Å². The van der Waals surface area contributed by atoms with Crippen LogP contribution >= 0.6 is 0 Å². The van der Waals surface area contributed by atoms with E-state index in [0.29, 0.717) is 26.1 Å². The van der Waals surface area contributed by atoms with E-state index >= 15 is 0 Å². The summed E-state index contributed by atoms with van der Waals surface area (Å²) in [6, 6.07) is 0. The second-order valence-electron chi connectivity index (χ2n) is 8.70. The molecular weight excluding hydrogens is 384 g/mol. The molecule has 0 bridgehead atoms. The molecule has 0 unspecified atom stereocenters. The van der Waals surface area contributed by atoms with Crippen LogP contribution in [0.3, 0.4) is 0 Å². The first kappa shape index (κ1) is 24.0. The average molecular weight is 418 g/mol. The van der Waals surface area contributed by atoms with Gasteiger partial charge in [-0.1, -0.05) is 13.8 Å². The fourth-order valence-corrected chi connectivity index (χ4v) is 3.21. The molecule has 0 aromatic heterocycles. The number of carboxylic acid groups (broad SMARTS) is 1. The second-order valence-corrected chi connectivity index (χ2v) is 8.70. The maximum absolute atomic E-state index is 12.4. The Balaban J connectivity index is 1.84. The molecule has 0 aromatic rings. The predicted octanol–water partition coefficient (Wildman–Crippen LogP) is 1.71. The standard InChI is InChI=1S/C20H34O9/c1-5-19(9-21)11-26-18(4,27-12-19)8-16(24)25-10-20(6-2)13-28-17(3,29-14-20)7-15(22)23/h21H,5-14H2,1-4H3,(H,22,23). The van der Waals surface area contributed by atoms with Crippen molar-refractivity contribution >= 4 is 11.9 Å². The number of esters is 1. The third-order valence-electron chi connectivity index (χ3n) is 6.05. The smallest absolute Gasteiger partial charge is 0.311 e. The van der Waals surface area contributed by atoms with Crippen LogP contribution in [0.1, 0.15) is 53.4 Å². The highest BCUT2D eigenvalue weighted by molar-refractivity contribution is 5.70. The summed E-state index contributed by atoms with van der Waals surface area (Å²) in [5.41, 5.74) is -0.966. The van der Waals surface area contributed by atoms with Gasteiger partial charge >= 0.3 is 11.9 Å². The SMILES string of the molecule is CCC1(CO)COC(C)(CC(=O)OCC2(CC)COC(C)(CC(=O)O)OC2)OC1. The fourth-order valence-electron chi connectivity index (χ4n) is 3.21. The summed E-state index contributed by atoms with van der Waals surface area (Å²) in [4.78, 5) is 23.3. The number of carbonyl (C=O) groups is 2. The minimum absolute atomic E-state index is 0.0379. The lowest BCUT2D eigenvalue weighted by atomic mass is 9.86. The van der Waals surface area contributed by atoms with Gasteiger partial charge in [0.25, 0.3) is 0 Å². The van der Waals surface area contributed by atoms with Crippen molar-refractivity contribution in [3.8, 4) is 0 Å². The van der Waals surface area contributed by atoms with E-state index in [1.165, 1.54) is 0 Å². The molecule has 2 heterocycles. The van der Waals surface area contributed by atoms with E-state index < -0.39 is 34.3 Å². The monoisotopic (exact) mass is 418 g/mol. The zero-order valence-electron chi connectivity index (χ0n) is 17.8. The number of hydrogen-bond acceptors (Lipinski definition) is 8. The Kier molecular flexibility index (Phi) is 7.67. The van der Waals surface area contributed by atoms with Crippen LogP contribution < -0.4 is 0 Å². The van der Waals surface area contributed by atoms with Crippen LogP contribution in [-0.4, -0.2) is 73.4 Å². The molecule has 2 aliphatic heterocycles. The lowest BCUT2D eigenvalue weighted by Gasteiger charge is -2.44. The van der Waals surface area contributed by atoms with Gasteiger partial charge in [0.2, 0.25) is 0 Å². The fraction of sp³-hybridized carbons (Fsp3) is 0.900. The average Bonchev–Trinajstić information content (AvgIpc) is 2.68. The molecule has 9 heteroatoms. The van der Waals surface area contributed by atoms with E-state index in [1.54, 1.807) is 13.8 Å². The van der Waals surface area contributed by atoms with Crippen molar-refractivity contribution in [3.05, 3.63) is 0 Å². The summed E-state index contributed by atoms with van der Waals surface area (Å²) >= 11 is 0. The van der Waals surface area contributed by atoms with Crippen LogP contribution in [0.2, 0.25) is 0 Å². The molecule has 0 amide bonds. The largest absolute Gasteiger partial charge is 0.481 e. The van der Waals surface area contributed by atoms with Crippen molar-refractivity contribution in [1.82, 2.24) is 0 Å². The molecule has 0 radical (unpaired) electrons. The number of aliphatic carboxylic acids is 1. The Morgan fingerprint density at radius 3 is 1.72 bits per heavy atom. The summed E-state index contributed by atoms with van der Waals surface area (Å²) in [6.07, 6.45) is 1.02. The van der Waals surface area contributed by atoms with Gasteiger partial charge in [-0.05, 0) is 26.7 Å². The molecule has 2 saturated heterocycles. The number of carboxylic acids is 1. The van der Waals surface area contributed by atoms with E-state index in [2.05, 4.69) is 0 Å². The molecule has 168 valence electrons. The van der Waals surface area contributed by atoms with E-state index in [4.69, 9.17) is 28.8 Å². The van der Waals surface area contributed by atoms with Gasteiger partial charge in [-0.25, -0.2) is 0 Å². The minimum atomic E-state index is -1.18. The molecule has 0 saturated carbocycles. The molecule has 2 aliphatic rings. The summed E-state index contributed by atoms with van der Waals surface area (Å²) < 4.78 is 28.3. The van der Waals surface area contributed by atoms with Crippen LogP contribution in [0, 0.1) is 10.8 Å². The van der Waals surface area contributed by atoms with Crippen molar-refractivity contribution in [2.75, 3.05) is 39.6 Å². The third-order valence-corrected chi connectivity index (χ3v) is 6.05. The lowest BCUT2D eigenvalue weighted by molar-refractivity contribution is -0.305. The lowest BCUT2D eigenvalue weighted by Crippen LogP contribution is -2.52. The van der Waals surface area contributed by atoms with E-state index in [-0.39, 0.29) is 39.3 Å². The molecule has 2 N–H and O–H groups in total. The van der Waals surface area contributed by atoms with Crippen molar-refractivity contribution in [2.45, 2.75) is 65.0 Å². The molecule has 0 aromatic carbocycles. The van der Waals surface area contributed by atoms with Crippen molar-refractivity contribution in [1.29, 1.82) is 0 Å². The minimum Gasteiger partial charge on any atom is -0.481 e. The van der Waals surface area contributed by atoms with Gasteiger partial charge < -0.3 is 33.9 Å². The van der Waals surface area contributed by atoms with Gasteiger partial charge in [0, 0.05) is 5.41 Å². The van der Waals surface area contributed by atoms with Gasteiger partial charge in [-0.3, -0.25) is 9.59 Å². The number of hydrogen-bond donors (Lipinski definition) is 2. The van der Waals surface area contributed by atoms with Gasteiger partial charge in [-0.15, -0.1) is 0 Å². The van der Waals surface area contributed by atoms with Crippen LogP contribution in [-0.2, 0) is 33.3 Å². The molecule has 0 aliphatic carbocycles. The molecule has 0 spiro atoms. The Hall–Kier alpha value is -1.26. The summed E-state index contributed by atoms with van der Waals surface area (Å²) in [5, 5.41) is 18.5. The molecule has 29 heavy (non-hydrogen) atoms. The summed E-state index contributed by atoms with van der Waals surface area (Å²) in [7, 11) is 0. The van der Waals surface area contributed by atoms with E-state index in [9.17, 15) is 14.7 Å². The first-order chi connectivity index (χ1) is 13.5. The first-order valence-corrected chi connectivity index (χ1v) is 10.1. The van der Waals surface area contributed by atoms with Crippen molar-refractivity contribution in [2.24, 2.45) is 10.8 Å². The summed E-state index contributed by atoms with van der Waals surface area (Å²) in [5.74, 6) is -3.74. The van der Waals surface area contributed by atoms with Gasteiger partial charge in [0.15, 0.2) is 11.6 Å². The predicted molar refractivity (Wildman–Crippen MR) is 101 cm³/mol. The van der Waals surface area contributed by atoms with Gasteiger partial charge in [0.1, 0.15) is 6.61 Å². The summed E-state index contributed by atoms with van der Waals surface area (Å²) in [6.45, 7) is 8.33. The van der Waals surface area contributed by atoms with E-state index in [0.717, 1.165) is 0 Å². The highest BCUT2D eigenvalue weighted by Gasteiger charge is 2.45.